The number of aliphatic carboxylic acids is 1. The van der Waals surface area contributed by atoms with Crippen molar-refractivity contribution in [2.45, 2.75) is 32.7 Å². The lowest BCUT2D eigenvalue weighted by Crippen LogP contribution is -2.26. The van der Waals surface area contributed by atoms with Crippen LogP contribution in [0.5, 0.6) is 0 Å². The molecule has 2 N–H and O–H groups in total. The molecule has 0 bridgehead atoms. The first-order chi connectivity index (χ1) is 8.09. The summed E-state index contributed by atoms with van der Waals surface area (Å²) in [5, 5.41) is 11.9. The maximum absolute atomic E-state index is 10.5. The molecule has 0 amide bonds. The zero-order valence-corrected chi connectivity index (χ0v) is 10.3. The van der Waals surface area contributed by atoms with Crippen LogP contribution >= 0.6 is 0 Å². The largest absolute Gasteiger partial charge is 0.478 e. The Morgan fingerprint density at radius 2 is 2.41 bits per heavy atom. The maximum atomic E-state index is 10.5. The Morgan fingerprint density at radius 3 is 3.00 bits per heavy atom. The quantitative estimate of drug-likeness (QED) is 0.714. The minimum absolute atomic E-state index is 0.331. The van der Waals surface area contributed by atoms with Crippen molar-refractivity contribution in [3.8, 4) is 0 Å². The summed E-state index contributed by atoms with van der Waals surface area (Å²) in [5.74, 6) is 0.117. The Morgan fingerprint density at radius 1 is 1.65 bits per heavy atom. The number of carboxylic acids is 1. The first-order valence-corrected chi connectivity index (χ1v) is 5.75. The molecule has 0 aliphatic carbocycles. The van der Waals surface area contributed by atoms with Crippen molar-refractivity contribution in [3.05, 3.63) is 35.8 Å². The number of hydrogen-bond acceptors (Lipinski definition) is 3. The predicted octanol–water partition coefficient (Wildman–Crippen LogP) is 2.22. The van der Waals surface area contributed by atoms with Gasteiger partial charge in [-0.1, -0.05) is 6.08 Å². The van der Waals surface area contributed by atoms with Crippen molar-refractivity contribution in [3.63, 3.8) is 0 Å². The van der Waals surface area contributed by atoms with Gasteiger partial charge in [-0.3, -0.25) is 0 Å². The van der Waals surface area contributed by atoms with Gasteiger partial charge in [-0.25, -0.2) is 4.79 Å². The van der Waals surface area contributed by atoms with Gasteiger partial charge in [0.2, 0.25) is 0 Å². The molecule has 0 aliphatic rings. The molecule has 0 radical (unpaired) electrons. The van der Waals surface area contributed by atoms with Crippen molar-refractivity contribution < 1.29 is 14.3 Å². The van der Waals surface area contributed by atoms with Gasteiger partial charge in [-0.05, 0) is 32.4 Å². The summed E-state index contributed by atoms with van der Waals surface area (Å²) in [4.78, 5) is 10.5. The Balaban J connectivity index is 2.19. The van der Waals surface area contributed by atoms with Gasteiger partial charge in [-0.2, -0.15) is 0 Å². The second-order valence-corrected chi connectivity index (χ2v) is 4.12. The van der Waals surface area contributed by atoms with Crippen LogP contribution in [0.15, 0.2) is 34.5 Å². The van der Waals surface area contributed by atoms with Crippen molar-refractivity contribution >= 4 is 5.97 Å². The zero-order valence-electron chi connectivity index (χ0n) is 10.3. The maximum Gasteiger partial charge on any atom is 0.330 e. The van der Waals surface area contributed by atoms with E-state index in [2.05, 4.69) is 12.2 Å². The summed E-state index contributed by atoms with van der Waals surface area (Å²) >= 11 is 0. The van der Waals surface area contributed by atoms with Crippen LogP contribution in [-0.4, -0.2) is 23.7 Å². The Hall–Kier alpha value is -1.55. The molecule has 1 aromatic rings. The lowest BCUT2D eigenvalue weighted by atomic mass is 10.1. The van der Waals surface area contributed by atoms with Crippen LogP contribution in [0.1, 0.15) is 26.0 Å². The molecule has 0 aromatic carbocycles. The molecule has 0 aliphatic heterocycles. The van der Waals surface area contributed by atoms with E-state index in [1.165, 1.54) is 0 Å². The summed E-state index contributed by atoms with van der Waals surface area (Å²) in [6.07, 6.45) is 5.22. The monoisotopic (exact) mass is 237 g/mol. The average molecular weight is 237 g/mol. The fraction of sp³-hybridized carbons (Fsp3) is 0.462. The van der Waals surface area contributed by atoms with E-state index in [1.54, 1.807) is 19.3 Å². The predicted molar refractivity (Wildman–Crippen MR) is 65.9 cm³/mol. The Kier molecular flexibility index (Phi) is 5.49. The van der Waals surface area contributed by atoms with Gasteiger partial charge in [0, 0.05) is 24.6 Å². The van der Waals surface area contributed by atoms with Crippen molar-refractivity contribution in [2.75, 3.05) is 6.54 Å². The highest BCUT2D eigenvalue weighted by molar-refractivity contribution is 5.85. The van der Waals surface area contributed by atoms with Gasteiger partial charge in [0.1, 0.15) is 5.76 Å². The number of carboxylic acid groups (broad SMARTS) is 1. The molecule has 1 rings (SSSR count). The smallest absolute Gasteiger partial charge is 0.330 e. The van der Waals surface area contributed by atoms with Gasteiger partial charge < -0.3 is 14.8 Å². The van der Waals surface area contributed by atoms with E-state index in [4.69, 9.17) is 9.52 Å². The molecule has 0 fully saturated rings. The van der Waals surface area contributed by atoms with Gasteiger partial charge in [0.25, 0.3) is 0 Å². The highest BCUT2D eigenvalue weighted by Gasteiger charge is 2.03. The van der Waals surface area contributed by atoms with E-state index in [9.17, 15) is 4.79 Å². The highest BCUT2D eigenvalue weighted by atomic mass is 16.4. The minimum atomic E-state index is -0.866. The summed E-state index contributed by atoms with van der Waals surface area (Å²) in [7, 11) is 0. The number of carbonyl (C=O) groups is 1. The topological polar surface area (TPSA) is 62.5 Å². The number of rotatable bonds is 7. The first kappa shape index (κ1) is 13.5. The Bertz CT molecular complexity index is 368. The fourth-order valence-electron chi connectivity index (χ4n) is 1.42. The van der Waals surface area contributed by atoms with E-state index < -0.39 is 5.97 Å². The van der Waals surface area contributed by atoms with Crippen LogP contribution in [0.4, 0.5) is 0 Å². The van der Waals surface area contributed by atoms with Crippen molar-refractivity contribution in [1.29, 1.82) is 0 Å². The Labute approximate surface area is 101 Å². The average Bonchev–Trinajstić information content (AvgIpc) is 2.78. The molecule has 1 heterocycles. The summed E-state index contributed by atoms with van der Waals surface area (Å²) in [6.45, 7) is 4.25. The van der Waals surface area contributed by atoms with E-state index >= 15 is 0 Å². The molecule has 0 saturated carbocycles. The summed E-state index contributed by atoms with van der Waals surface area (Å²) in [5.41, 5.74) is 0.371. The van der Waals surface area contributed by atoms with E-state index in [0.29, 0.717) is 18.2 Å². The van der Waals surface area contributed by atoms with E-state index in [1.807, 2.05) is 12.1 Å². The van der Waals surface area contributed by atoms with Crippen LogP contribution in [0.2, 0.25) is 0 Å². The lowest BCUT2D eigenvalue weighted by Gasteiger charge is -2.11. The molecule has 4 nitrogen and oxygen atoms in total. The minimum Gasteiger partial charge on any atom is -0.478 e. The summed E-state index contributed by atoms with van der Waals surface area (Å²) < 4.78 is 5.24. The highest BCUT2D eigenvalue weighted by Crippen LogP contribution is 2.05. The zero-order chi connectivity index (χ0) is 12.7. The van der Waals surface area contributed by atoms with Crippen molar-refractivity contribution in [2.24, 2.45) is 0 Å². The van der Waals surface area contributed by atoms with Gasteiger partial charge in [-0.15, -0.1) is 0 Å². The van der Waals surface area contributed by atoms with E-state index in [-0.39, 0.29) is 0 Å². The SMILES string of the molecule is C/C(=C/CNC(C)CCc1ccco1)C(=O)O. The second-order valence-electron chi connectivity index (χ2n) is 4.12. The van der Waals surface area contributed by atoms with Crippen LogP contribution < -0.4 is 5.32 Å². The third-order valence-electron chi connectivity index (χ3n) is 2.62. The molecule has 94 valence electrons. The summed E-state index contributed by atoms with van der Waals surface area (Å²) in [6, 6.07) is 4.17. The normalized spacial score (nSPS) is 13.6. The van der Waals surface area contributed by atoms with E-state index in [0.717, 1.165) is 18.6 Å². The standard InChI is InChI=1S/C13H19NO3/c1-10(13(15)16)7-8-14-11(2)5-6-12-4-3-9-17-12/h3-4,7,9,11,14H,5-6,8H2,1-2H3,(H,15,16)/b10-7-. The first-order valence-electron chi connectivity index (χ1n) is 5.75. The van der Waals surface area contributed by atoms with Crippen LogP contribution in [0.3, 0.4) is 0 Å². The number of hydrogen-bond donors (Lipinski definition) is 2. The molecule has 0 saturated heterocycles. The third-order valence-corrected chi connectivity index (χ3v) is 2.62. The lowest BCUT2D eigenvalue weighted by molar-refractivity contribution is -0.132. The molecule has 0 spiro atoms. The molecule has 1 aromatic heterocycles. The molecule has 1 unspecified atom stereocenters. The van der Waals surface area contributed by atoms with Crippen LogP contribution in [0.25, 0.3) is 0 Å². The van der Waals surface area contributed by atoms with Crippen LogP contribution in [0, 0.1) is 0 Å². The third kappa shape index (κ3) is 5.36. The van der Waals surface area contributed by atoms with Gasteiger partial charge in [0.15, 0.2) is 0 Å². The number of nitrogens with one attached hydrogen (secondary N) is 1. The molecular formula is C13H19NO3. The molecule has 4 heteroatoms. The van der Waals surface area contributed by atoms with Gasteiger partial charge in [0.05, 0.1) is 6.26 Å². The molecule has 1 atom stereocenters. The fourth-order valence-corrected chi connectivity index (χ4v) is 1.42. The second kappa shape index (κ2) is 6.91. The van der Waals surface area contributed by atoms with Gasteiger partial charge >= 0.3 is 5.97 Å². The molecular weight excluding hydrogens is 218 g/mol. The molecule has 17 heavy (non-hydrogen) atoms. The number of furan rings is 1. The van der Waals surface area contributed by atoms with Crippen molar-refractivity contribution in [1.82, 2.24) is 5.32 Å². The number of aryl methyl sites for hydroxylation is 1. The van der Waals surface area contributed by atoms with Crippen LogP contribution in [-0.2, 0) is 11.2 Å².